The third-order valence-electron chi connectivity index (χ3n) is 2.67. The highest BCUT2D eigenvalue weighted by Crippen LogP contribution is 2.20. The van der Waals surface area contributed by atoms with Crippen molar-refractivity contribution in [3.63, 3.8) is 0 Å². The molecule has 2 aromatic carbocycles. The molecule has 2 aromatic rings. The van der Waals surface area contributed by atoms with Crippen LogP contribution in [0.25, 0.3) is 17.2 Å². The highest BCUT2D eigenvalue weighted by molar-refractivity contribution is 5.65. The van der Waals surface area contributed by atoms with Gasteiger partial charge in [0.2, 0.25) is 0 Å². The smallest absolute Gasteiger partial charge is 0.288 e. The summed E-state index contributed by atoms with van der Waals surface area (Å²) in [5, 5.41) is 0. The molecule has 104 valence electrons. The van der Waals surface area contributed by atoms with Crippen LogP contribution in [0, 0.1) is 0 Å². The van der Waals surface area contributed by atoms with Crippen molar-refractivity contribution in [3.8, 4) is 11.1 Å². The van der Waals surface area contributed by atoms with Crippen molar-refractivity contribution in [3.05, 3.63) is 66.2 Å². The fourth-order valence-corrected chi connectivity index (χ4v) is 1.74. The Balaban J connectivity index is 1.97. The number of alkyl halides is 3. The van der Waals surface area contributed by atoms with E-state index in [0.29, 0.717) is 0 Å². The van der Waals surface area contributed by atoms with Crippen LogP contribution in [-0.4, -0.2) is 13.0 Å². The second-order valence-electron chi connectivity index (χ2n) is 4.15. The third kappa shape index (κ3) is 4.55. The van der Waals surface area contributed by atoms with E-state index in [-0.39, 0.29) is 0 Å². The summed E-state index contributed by atoms with van der Waals surface area (Å²) >= 11 is 0. The van der Waals surface area contributed by atoms with Crippen molar-refractivity contribution in [2.75, 3.05) is 6.61 Å². The fraction of sp³-hybridized carbons (Fsp3) is 0.125. The summed E-state index contributed by atoms with van der Waals surface area (Å²) < 4.78 is 39.0. The second kappa shape index (κ2) is 6.39. The SMILES string of the molecule is FC(F)(F)OC/C=C/c1ccc(-c2ccccc2)cc1. The van der Waals surface area contributed by atoms with Gasteiger partial charge < -0.3 is 0 Å². The van der Waals surface area contributed by atoms with Gasteiger partial charge >= 0.3 is 6.36 Å². The average Bonchev–Trinajstić information content (AvgIpc) is 2.44. The van der Waals surface area contributed by atoms with Crippen LogP contribution in [0.4, 0.5) is 13.2 Å². The van der Waals surface area contributed by atoms with Crippen molar-refractivity contribution in [1.29, 1.82) is 0 Å². The first-order chi connectivity index (χ1) is 9.54. The second-order valence-corrected chi connectivity index (χ2v) is 4.15. The van der Waals surface area contributed by atoms with Gasteiger partial charge in [-0.25, -0.2) is 0 Å². The Bertz CT molecular complexity index is 557. The molecule has 0 saturated heterocycles. The standard InChI is InChI=1S/C16H13F3O/c17-16(18,19)20-12-4-5-13-8-10-15(11-9-13)14-6-2-1-3-7-14/h1-11H,12H2/b5-4+. The van der Waals surface area contributed by atoms with Crippen molar-refractivity contribution in [1.82, 2.24) is 0 Å². The number of benzene rings is 2. The zero-order valence-corrected chi connectivity index (χ0v) is 10.6. The van der Waals surface area contributed by atoms with E-state index in [4.69, 9.17) is 0 Å². The van der Waals surface area contributed by atoms with Gasteiger partial charge in [-0.1, -0.05) is 66.7 Å². The zero-order chi connectivity index (χ0) is 14.4. The predicted molar refractivity (Wildman–Crippen MR) is 72.9 cm³/mol. The first-order valence-corrected chi connectivity index (χ1v) is 6.07. The van der Waals surface area contributed by atoms with Crippen LogP contribution in [0.2, 0.25) is 0 Å². The molecule has 0 amide bonds. The van der Waals surface area contributed by atoms with Crippen molar-refractivity contribution in [2.45, 2.75) is 6.36 Å². The molecule has 0 aliphatic heterocycles. The quantitative estimate of drug-likeness (QED) is 0.772. The molecule has 0 aliphatic carbocycles. The van der Waals surface area contributed by atoms with E-state index >= 15 is 0 Å². The minimum atomic E-state index is -4.58. The molecule has 0 atom stereocenters. The largest absolute Gasteiger partial charge is 0.522 e. The van der Waals surface area contributed by atoms with Gasteiger partial charge in [0.25, 0.3) is 0 Å². The number of ether oxygens (including phenoxy) is 1. The summed E-state index contributed by atoms with van der Waals surface area (Å²) in [5.74, 6) is 0. The summed E-state index contributed by atoms with van der Waals surface area (Å²) in [6.45, 7) is -0.482. The summed E-state index contributed by atoms with van der Waals surface area (Å²) in [4.78, 5) is 0. The van der Waals surface area contributed by atoms with E-state index in [0.717, 1.165) is 16.7 Å². The van der Waals surface area contributed by atoms with E-state index in [1.165, 1.54) is 6.08 Å². The molecule has 0 saturated carbocycles. The minimum absolute atomic E-state index is 0.482. The molecule has 0 aromatic heterocycles. The minimum Gasteiger partial charge on any atom is -0.288 e. The Morgan fingerprint density at radius 1 is 0.850 bits per heavy atom. The van der Waals surface area contributed by atoms with E-state index in [1.807, 2.05) is 54.6 Å². The molecule has 20 heavy (non-hydrogen) atoms. The molecule has 1 nitrogen and oxygen atoms in total. The molecular weight excluding hydrogens is 265 g/mol. The van der Waals surface area contributed by atoms with E-state index in [1.54, 1.807) is 6.08 Å². The molecule has 0 unspecified atom stereocenters. The number of halogens is 3. The molecule has 0 bridgehead atoms. The lowest BCUT2D eigenvalue weighted by Crippen LogP contribution is -2.12. The highest BCUT2D eigenvalue weighted by atomic mass is 19.4. The van der Waals surface area contributed by atoms with Crippen molar-refractivity contribution >= 4 is 6.08 Å². The van der Waals surface area contributed by atoms with Crippen LogP contribution in [0.3, 0.4) is 0 Å². The highest BCUT2D eigenvalue weighted by Gasteiger charge is 2.27. The van der Waals surface area contributed by atoms with Crippen LogP contribution in [0.5, 0.6) is 0 Å². The van der Waals surface area contributed by atoms with Crippen LogP contribution in [0.1, 0.15) is 5.56 Å². The van der Waals surface area contributed by atoms with Gasteiger partial charge in [-0.15, -0.1) is 13.2 Å². The average molecular weight is 278 g/mol. The Hall–Kier alpha value is -2.07. The van der Waals surface area contributed by atoms with Gasteiger partial charge in [0.15, 0.2) is 0 Å². The Morgan fingerprint density at radius 3 is 2.05 bits per heavy atom. The molecule has 0 aliphatic rings. The summed E-state index contributed by atoms with van der Waals surface area (Å²) in [6.07, 6.45) is -1.65. The lowest BCUT2D eigenvalue weighted by molar-refractivity contribution is -0.319. The summed E-state index contributed by atoms with van der Waals surface area (Å²) in [6, 6.07) is 17.4. The van der Waals surface area contributed by atoms with E-state index in [2.05, 4.69) is 4.74 Å². The molecule has 0 N–H and O–H groups in total. The molecule has 0 fully saturated rings. The predicted octanol–water partition coefficient (Wildman–Crippen LogP) is 4.90. The normalized spacial score (nSPS) is 11.9. The first-order valence-electron chi connectivity index (χ1n) is 6.07. The summed E-state index contributed by atoms with van der Waals surface area (Å²) in [7, 11) is 0. The number of hydrogen-bond acceptors (Lipinski definition) is 1. The van der Waals surface area contributed by atoms with Gasteiger partial charge in [-0.2, -0.15) is 0 Å². The Morgan fingerprint density at radius 2 is 1.45 bits per heavy atom. The van der Waals surface area contributed by atoms with Gasteiger partial charge in [0.1, 0.15) is 0 Å². The number of hydrogen-bond donors (Lipinski definition) is 0. The lowest BCUT2D eigenvalue weighted by Gasteiger charge is -2.04. The third-order valence-corrected chi connectivity index (χ3v) is 2.67. The van der Waals surface area contributed by atoms with Gasteiger partial charge in [0.05, 0.1) is 6.61 Å². The van der Waals surface area contributed by atoms with Crippen molar-refractivity contribution < 1.29 is 17.9 Å². The van der Waals surface area contributed by atoms with Crippen molar-refractivity contribution in [2.24, 2.45) is 0 Å². The molecule has 0 radical (unpaired) electrons. The van der Waals surface area contributed by atoms with Crippen LogP contribution in [-0.2, 0) is 4.74 Å². The summed E-state index contributed by atoms with van der Waals surface area (Å²) in [5.41, 5.74) is 2.99. The van der Waals surface area contributed by atoms with Crippen LogP contribution in [0.15, 0.2) is 60.7 Å². The topological polar surface area (TPSA) is 9.23 Å². The van der Waals surface area contributed by atoms with E-state index < -0.39 is 13.0 Å². The van der Waals surface area contributed by atoms with Crippen LogP contribution < -0.4 is 0 Å². The van der Waals surface area contributed by atoms with Gasteiger partial charge in [-0.05, 0) is 16.7 Å². The molecule has 2 rings (SSSR count). The molecule has 0 spiro atoms. The van der Waals surface area contributed by atoms with Gasteiger partial charge in [-0.3, -0.25) is 4.74 Å². The fourth-order valence-electron chi connectivity index (χ4n) is 1.74. The monoisotopic (exact) mass is 278 g/mol. The lowest BCUT2D eigenvalue weighted by atomic mass is 10.0. The zero-order valence-electron chi connectivity index (χ0n) is 10.6. The molecule has 4 heteroatoms. The maximum atomic E-state index is 11.8. The Labute approximate surface area is 115 Å². The number of rotatable bonds is 4. The first kappa shape index (κ1) is 14.3. The van der Waals surface area contributed by atoms with Gasteiger partial charge in [0, 0.05) is 0 Å². The Kier molecular flexibility index (Phi) is 4.58. The van der Waals surface area contributed by atoms with Crippen LogP contribution >= 0.6 is 0 Å². The molecular formula is C16H13F3O. The molecule has 0 heterocycles. The maximum Gasteiger partial charge on any atom is 0.522 e. The maximum absolute atomic E-state index is 11.8. The van der Waals surface area contributed by atoms with E-state index in [9.17, 15) is 13.2 Å².